The number of ether oxygens (including phenoxy) is 2. The van der Waals surface area contributed by atoms with Gasteiger partial charge in [0.05, 0.1) is 0 Å². The van der Waals surface area contributed by atoms with Crippen LogP contribution < -0.4 is 20.1 Å². The quantitative estimate of drug-likeness (QED) is 0.663. The number of hydrogen-bond acceptors (Lipinski definition) is 4. The molecule has 3 aromatic rings. The highest BCUT2D eigenvalue weighted by atomic mass is 16.6. The van der Waals surface area contributed by atoms with E-state index in [4.69, 9.17) is 9.47 Å². The Kier molecular flexibility index (Phi) is 4.42. The molecule has 0 bridgehead atoms. The van der Waals surface area contributed by atoms with Gasteiger partial charge in [0.15, 0.2) is 11.5 Å². The molecule has 0 unspecified atom stereocenters. The van der Waals surface area contributed by atoms with Crippen LogP contribution in [0.1, 0.15) is 17.4 Å². The lowest BCUT2D eigenvalue weighted by Gasteiger charge is -2.19. The van der Waals surface area contributed by atoms with Gasteiger partial charge in [-0.1, -0.05) is 18.2 Å². The first-order valence-corrected chi connectivity index (χ1v) is 8.69. The van der Waals surface area contributed by atoms with Gasteiger partial charge in [0.25, 0.3) is 5.91 Å². The SMILES string of the molecule is C[C@@H](NC(=O)c1cc2ccccc2[nH]1)C(=O)Nc1ccc2c(c1)OCCO2. The predicted octanol–water partition coefficient (Wildman–Crippen LogP) is 2.70. The Bertz CT molecular complexity index is 978. The van der Waals surface area contributed by atoms with Crippen LogP contribution in [0.15, 0.2) is 48.5 Å². The maximum atomic E-state index is 12.4. The van der Waals surface area contributed by atoms with E-state index < -0.39 is 6.04 Å². The highest BCUT2D eigenvalue weighted by Gasteiger charge is 2.19. The second kappa shape index (κ2) is 7.03. The first-order chi connectivity index (χ1) is 13.1. The van der Waals surface area contributed by atoms with Crippen LogP contribution in [0.4, 0.5) is 5.69 Å². The summed E-state index contributed by atoms with van der Waals surface area (Å²) in [6, 6.07) is 13.8. The highest BCUT2D eigenvalue weighted by Crippen LogP contribution is 2.32. The molecule has 1 atom stereocenters. The van der Waals surface area contributed by atoms with Crippen molar-refractivity contribution in [3.63, 3.8) is 0 Å². The van der Waals surface area contributed by atoms with E-state index in [1.54, 1.807) is 31.2 Å². The minimum absolute atomic E-state index is 0.323. The van der Waals surface area contributed by atoms with Crippen LogP contribution in [-0.4, -0.2) is 36.1 Å². The van der Waals surface area contributed by atoms with Crippen LogP contribution in [0.2, 0.25) is 0 Å². The Balaban J connectivity index is 1.40. The summed E-state index contributed by atoms with van der Waals surface area (Å²) in [4.78, 5) is 27.9. The van der Waals surface area contributed by atoms with Gasteiger partial charge in [-0.15, -0.1) is 0 Å². The lowest BCUT2D eigenvalue weighted by Crippen LogP contribution is -2.41. The van der Waals surface area contributed by atoms with Gasteiger partial charge in [-0.2, -0.15) is 0 Å². The van der Waals surface area contributed by atoms with Crippen molar-refractivity contribution in [1.82, 2.24) is 10.3 Å². The Morgan fingerprint density at radius 1 is 1.04 bits per heavy atom. The predicted molar refractivity (Wildman–Crippen MR) is 101 cm³/mol. The zero-order valence-corrected chi connectivity index (χ0v) is 14.7. The van der Waals surface area contributed by atoms with E-state index in [0.29, 0.717) is 36.1 Å². The van der Waals surface area contributed by atoms with E-state index >= 15 is 0 Å². The Morgan fingerprint density at radius 2 is 1.81 bits per heavy atom. The van der Waals surface area contributed by atoms with Crippen molar-refractivity contribution in [1.29, 1.82) is 0 Å². The zero-order chi connectivity index (χ0) is 18.8. The van der Waals surface area contributed by atoms with Crippen molar-refractivity contribution in [2.24, 2.45) is 0 Å². The van der Waals surface area contributed by atoms with E-state index in [-0.39, 0.29) is 11.8 Å². The van der Waals surface area contributed by atoms with Crippen molar-refractivity contribution in [2.75, 3.05) is 18.5 Å². The number of carbonyl (C=O) groups is 2. The van der Waals surface area contributed by atoms with E-state index in [0.717, 1.165) is 10.9 Å². The second-order valence-electron chi connectivity index (χ2n) is 6.31. The summed E-state index contributed by atoms with van der Waals surface area (Å²) in [6.45, 7) is 2.62. The molecule has 1 aromatic heterocycles. The number of benzene rings is 2. The molecule has 0 fully saturated rings. The van der Waals surface area contributed by atoms with Crippen LogP contribution in [0.3, 0.4) is 0 Å². The number of aromatic amines is 1. The van der Waals surface area contributed by atoms with Crippen LogP contribution in [0.5, 0.6) is 11.5 Å². The van der Waals surface area contributed by atoms with E-state index in [9.17, 15) is 9.59 Å². The van der Waals surface area contributed by atoms with Gasteiger partial charge >= 0.3 is 0 Å². The van der Waals surface area contributed by atoms with E-state index in [1.807, 2.05) is 24.3 Å². The number of amides is 2. The van der Waals surface area contributed by atoms with E-state index in [2.05, 4.69) is 15.6 Å². The fourth-order valence-electron chi connectivity index (χ4n) is 2.91. The van der Waals surface area contributed by atoms with E-state index in [1.165, 1.54) is 0 Å². The largest absolute Gasteiger partial charge is 0.486 e. The van der Waals surface area contributed by atoms with Crippen LogP contribution in [0, 0.1) is 0 Å². The molecule has 4 rings (SSSR count). The molecule has 3 N–H and O–H groups in total. The number of aromatic nitrogens is 1. The minimum Gasteiger partial charge on any atom is -0.486 e. The van der Waals surface area contributed by atoms with Crippen LogP contribution >= 0.6 is 0 Å². The molecule has 0 spiro atoms. The number of H-pyrrole nitrogens is 1. The van der Waals surface area contributed by atoms with Crippen molar-refractivity contribution >= 4 is 28.4 Å². The zero-order valence-electron chi connectivity index (χ0n) is 14.7. The van der Waals surface area contributed by atoms with Gasteiger partial charge in [0.1, 0.15) is 24.9 Å². The summed E-state index contributed by atoms with van der Waals surface area (Å²) >= 11 is 0. The van der Waals surface area contributed by atoms with Gasteiger partial charge in [0.2, 0.25) is 5.91 Å². The van der Waals surface area contributed by atoms with Gasteiger partial charge in [-0.3, -0.25) is 9.59 Å². The minimum atomic E-state index is -0.711. The topological polar surface area (TPSA) is 92.5 Å². The molecule has 7 nitrogen and oxygen atoms in total. The molecular weight excluding hydrogens is 346 g/mol. The molecule has 27 heavy (non-hydrogen) atoms. The number of rotatable bonds is 4. The Labute approximate surface area is 155 Å². The highest BCUT2D eigenvalue weighted by molar-refractivity contribution is 6.02. The Morgan fingerprint density at radius 3 is 2.63 bits per heavy atom. The van der Waals surface area contributed by atoms with Crippen molar-refractivity contribution in [2.45, 2.75) is 13.0 Å². The molecule has 7 heteroatoms. The number of fused-ring (bicyclic) bond motifs is 2. The lowest BCUT2D eigenvalue weighted by molar-refractivity contribution is -0.117. The van der Waals surface area contributed by atoms with Gasteiger partial charge < -0.3 is 25.1 Å². The van der Waals surface area contributed by atoms with Crippen molar-refractivity contribution < 1.29 is 19.1 Å². The third-order valence-electron chi connectivity index (χ3n) is 4.33. The number of carbonyl (C=O) groups excluding carboxylic acids is 2. The summed E-state index contributed by atoms with van der Waals surface area (Å²) < 4.78 is 11.0. The molecular formula is C20H19N3O4. The summed E-state index contributed by atoms with van der Waals surface area (Å²) in [7, 11) is 0. The molecule has 0 saturated heterocycles. The van der Waals surface area contributed by atoms with Gasteiger partial charge in [-0.25, -0.2) is 0 Å². The maximum Gasteiger partial charge on any atom is 0.268 e. The smallest absolute Gasteiger partial charge is 0.268 e. The molecule has 138 valence electrons. The van der Waals surface area contributed by atoms with Gasteiger partial charge in [0, 0.05) is 22.7 Å². The monoisotopic (exact) mass is 365 g/mol. The first kappa shape index (κ1) is 17.0. The molecule has 2 aromatic carbocycles. The molecule has 0 saturated carbocycles. The maximum absolute atomic E-state index is 12.4. The standard InChI is InChI=1S/C20H19N3O4/c1-12(21-20(25)16-10-13-4-2-3-5-15(13)23-16)19(24)22-14-6-7-17-18(11-14)27-9-8-26-17/h2-7,10-12,23H,8-9H2,1H3,(H,21,25)(H,22,24)/t12-/m1/s1. The number of para-hydroxylation sites is 1. The fourth-order valence-corrected chi connectivity index (χ4v) is 2.91. The average molecular weight is 365 g/mol. The van der Waals surface area contributed by atoms with Crippen LogP contribution in [0.25, 0.3) is 10.9 Å². The number of anilines is 1. The third-order valence-corrected chi connectivity index (χ3v) is 4.33. The summed E-state index contributed by atoms with van der Waals surface area (Å²) in [5.74, 6) is 0.584. The lowest BCUT2D eigenvalue weighted by atomic mass is 10.2. The molecule has 0 radical (unpaired) electrons. The summed E-state index contributed by atoms with van der Waals surface area (Å²) in [5, 5.41) is 6.42. The summed E-state index contributed by atoms with van der Waals surface area (Å²) in [6.07, 6.45) is 0. The first-order valence-electron chi connectivity index (χ1n) is 8.69. The number of nitrogens with one attached hydrogen (secondary N) is 3. The molecule has 2 heterocycles. The fraction of sp³-hybridized carbons (Fsp3) is 0.200. The normalized spacial score (nSPS) is 13.8. The van der Waals surface area contributed by atoms with Crippen LogP contribution in [-0.2, 0) is 4.79 Å². The third kappa shape index (κ3) is 3.57. The van der Waals surface area contributed by atoms with Crippen molar-refractivity contribution in [3.8, 4) is 11.5 Å². The molecule has 1 aliphatic rings. The molecule has 2 amide bonds. The average Bonchev–Trinajstić information content (AvgIpc) is 3.12. The van der Waals surface area contributed by atoms with Gasteiger partial charge in [-0.05, 0) is 31.2 Å². The number of hydrogen-bond donors (Lipinski definition) is 3. The Hall–Kier alpha value is -3.48. The van der Waals surface area contributed by atoms with Crippen molar-refractivity contribution in [3.05, 3.63) is 54.2 Å². The second-order valence-corrected chi connectivity index (χ2v) is 6.31. The molecule has 0 aliphatic carbocycles. The molecule has 1 aliphatic heterocycles. The summed E-state index contributed by atoms with van der Waals surface area (Å²) in [5.41, 5.74) is 1.86.